The van der Waals surface area contributed by atoms with Crippen LogP contribution in [0.25, 0.3) is 0 Å². The van der Waals surface area contributed by atoms with Crippen molar-refractivity contribution in [3.05, 3.63) is 11.6 Å². The maximum atomic E-state index is 12.5. The molecule has 16 atom stereocenters. The number of aliphatic hydroxyl groups excluding tert-OH is 2. The first kappa shape index (κ1) is 34.3. The van der Waals surface area contributed by atoms with Crippen molar-refractivity contribution in [3.8, 4) is 0 Å². The van der Waals surface area contributed by atoms with E-state index in [4.69, 9.17) is 28.4 Å². The van der Waals surface area contributed by atoms with Crippen LogP contribution in [0.15, 0.2) is 11.6 Å². The highest BCUT2D eigenvalue weighted by molar-refractivity contribution is 5.85. The molecule has 11 nitrogen and oxygen atoms in total. The van der Waals surface area contributed by atoms with Crippen molar-refractivity contribution in [2.45, 2.75) is 165 Å². The molecular weight excluding hydrogens is 608 g/mol. The van der Waals surface area contributed by atoms with Gasteiger partial charge in [-0.15, -0.1) is 0 Å². The van der Waals surface area contributed by atoms with E-state index in [0.717, 1.165) is 44.1 Å². The molecule has 7 rings (SSSR count). The third-order valence-corrected chi connectivity index (χ3v) is 14.3. The Morgan fingerprint density at radius 3 is 2.26 bits per heavy atom. The minimum atomic E-state index is -0.921. The molecule has 2 saturated heterocycles. The largest absolute Gasteiger partial charge is 0.458 e. The fraction of sp³-hybridized carbons (Fsp3) is 0.917. The molecule has 4 aliphatic carbocycles. The van der Waals surface area contributed by atoms with Crippen LogP contribution in [0.5, 0.6) is 0 Å². The van der Waals surface area contributed by atoms with E-state index in [2.05, 4.69) is 13.8 Å². The molecule has 47 heavy (non-hydrogen) atoms. The molecule has 7 aliphatic rings. The van der Waals surface area contributed by atoms with Crippen molar-refractivity contribution in [3.63, 3.8) is 0 Å². The highest BCUT2D eigenvalue weighted by Crippen LogP contribution is 2.70. The normalized spacial score (nSPS) is 54.7. The molecule has 4 N–H and O–H groups in total. The topological polar surface area (TPSA) is 153 Å². The summed E-state index contributed by atoms with van der Waals surface area (Å²) in [7, 11) is 1.55. The average Bonchev–Trinajstić information content (AvgIpc) is 3.56. The highest BCUT2D eigenvalue weighted by atomic mass is 16.7. The van der Waals surface area contributed by atoms with E-state index in [-0.39, 0.29) is 47.1 Å². The van der Waals surface area contributed by atoms with Gasteiger partial charge in [0.1, 0.15) is 18.8 Å². The second kappa shape index (κ2) is 12.3. The van der Waals surface area contributed by atoms with E-state index >= 15 is 0 Å². The zero-order chi connectivity index (χ0) is 33.5. The summed E-state index contributed by atoms with van der Waals surface area (Å²) in [5.41, 5.74) is -1.39. The average molecular weight is 665 g/mol. The van der Waals surface area contributed by atoms with E-state index in [1.54, 1.807) is 20.1 Å². The van der Waals surface area contributed by atoms with E-state index in [1.807, 2.05) is 6.92 Å². The molecule has 0 spiro atoms. The summed E-state index contributed by atoms with van der Waals surface area (Å²) in [6.07, 6.45) is 4.03. The molecule has 0 bridgehead atoms. The minimum Gasteiger partial charge on any atom is -0.458 e. The molecule has 0 aromatic heterocycles. The van der Waals surface area contributed by atoms with Gasteiger partial charge in [-0.25, -0.2) is 4.79 Å². The second-order valence-electron chi connectivity index (χ2n) is 16.4. The van der Waals surface area contributed by atoms with Gasteiger partial charge in [0, 0.05) is 37.9 Å². The van der Waals surface area contributed by atoms with Crippen LogP contribution < -0.4 is 0 Å². The van der Waals surface area contributed by atoms with Gasteiger partial charge in [-0.3, -0.25) is 0 Å². The summed E-state index contributed by atoms with van der Waals surface area (Å²) in [6.45, 7) is 8.42. The van der Waals surface area contributed by atoms with Crippen LogP contribution in [0, 0.1) is 28.6 Å². The number of hydrogen-bond donors (Lipinski definition) is 4. The monoisotopic (exact) mass is 664 g/mol. The number of carbonyl (C=O) groups excluding carboxylic acids is 1. The number of hydrogen-bond acceptors (Lipinski definition) is 11. The number of fused-ring (bicyclic) bond motifs is 5. The molecule has 3 heterocycles. The first-order valence-electron chi connectivity index (χ1n) is 18.0. The molecule has 266 valence electrons. The Morgan fingerprint density at radius 2 is 1.55 bits per heavy atom. The number of cyclic esters (lactones) is 1. The van der Waals surface area contributed by atoms with Crippen LogP contribution in [0.3, 0.4) is 0 Å². The Labute approximate surface area is 278 Å². The Hall–Kier alpha value is -1.15. The first-order valence-corrected chi connectivity index (χ1v) is 18.0. The van der Waals surface area contributed by atoms with E-state index in [9.17, 15) is 25.2 Å². The lowest BCUT2D eigenvalue weighted by Gasteiger charge is -2.66. The number of esters is 1. The number of aliphatic hydroxyl groups is 4. The van der Waals surface area contributed by atoms with E-state index < -0.39 is 60.4 Å². The predicted octanol–water partition coefficient (Wildman–Crippen LogP) is 3.14. The molecule has 3 aliphatic heterocycles. The SMILES string of the molecule is COC1CC(OC2C(O)CC(OC3CCC4(C)C5CCC6(C)C(C7=CC(=O)OC7)CCC6(O)C5CCC4(O)C3)OC2C)OC(C)C1O. The lowest BCUT2D eigenvalue weighted by atomic mass is 9.42. The summed E-state index contributed by atoms with van der Waals surface area (Å²) >= 11 is 0. The van der Waals surface area contributed by atoms with Crippen molar-refractivity contribution in [1.29, 1.82) is 0 Å². The van der Waals surface area contributed by atoms with Gasteiger partial charge in [0.25, 0.3) is 0 Å². The van der Waals surface area contributed by atoms with Crippen molar-refractivity contribution >= 4 is 5.97 Å². The van der Waals surface area contributed by atoms with Crippen LogP contribution in [0.1, 0.15) is 98.3 Å². The van der Waals surface area contributed by atoms with Gasteiger partial charge >= 0.3 is 5.97 Å². The standard InChI is InChI=1S/C36H56O11/c1-19-31(39)27(42-5)16-30(44-19)47-32-20(2)45-29(15-26(32)37)46-22-6-10-33(3)24-7-11-34(4)23(21-14-28(38)43-18-21)9-13-36(34,41)25(24)8-12-35(33,40)17-22/h14,19-20,22-27,29-32,37,39-41H,6-13,15-18H2,1-5H3. The molecule has 0 aromatic carbocycles. The quantitative estimate of drug-likeness (QED) is 0.245. The number of ether oxygens (including phenoxy) is 6. The lowest BCUT2D eigenvalue weighted by Crippen LogP contribution is -2.67. The fourth-order valence-corrected chi connectivity index (χ4v) is 11.5. The van der Waals surface area contributed by atoms with Crippen LogP contribution in [-0.4, -0.2) is 107 Å². The molecule has 0 radical (unpaired) electrons. The smallest absolute Gasteiger partial charge is 0.331 e. The summed E-state index contributed by atoms with van der Waals surface area (Å²) in [5, 5.41) is 46.3. The molecule has 0 aromatic rings. The number of rotatable bonds is 6. The first-order chi connectivity index (χ1) is 22.2. The van der Waals surface area contributed by atoms with Gasteiger partial charge in [-0.05, 0) is 94.0 Å². The van der Waals surface area contributed by atoms with E-state index in [1.165, 1.54) is 0 Å². The van der Waals surface area contributed by atoms with Crippen molar-refractivity contribution < 1.29 is 53.6 Å². The van der Waals surface area contributed by atoms with Crippen LogP contribution in [0.2, 0.25) is 0 Å². The third kappa shape index (κ3) is 5.46. The summed E-state index contributed by atoms with van der Waals surface area (Å²) in [4.78, 5) is 11.9. The molecular formula is C36H56O11. The van der Waals surface area contributed by atoms with Gasteiger partial charge in [-0.2, -0.15) is 0 Å². The molecule has 4 saturated carbocycles. The maximum Gasteiger partial charge on any atom is 0.331 e. The summed E-state index contributed by atoms with van der Waals surface area (Å²) in [5.74, 6) is 0.165. The van der Waals surface area contributed by atoms with Crippen molar-refractivity contribution in [2.24, 2.45) is 28.6 Å². The van der Waals surface area contributed by atoms with Crippen LogP contribution in [0.4, 0.5) is 0 Å². The van der Waals surface area contributed by atoms with Gasteiger partial charge in [-0.1, -0.05) is 13.8 Å². The fourth-order valence-electron chi connectivity index (χ4n) is 11.5. The second-order valence-corrected chi connectivity index (χ2v) is 16.4. The van der Waals surface area contributed by atoms with Crippen LogP contribution >= 0.6 is 0 Å². The highest BCUT2D eigenvalue weighted by Gasteiger charge is 2.70. The predicted molar refractivity (Wildman–Crippen MR) is 168 cm³/mol. The van der Waals surface area contributed by atoms with Crippen molar-refractivity contribution in [2.75, 3.05) is 13.7 Å². The molecule has 16 unspecified atom stereocenters. The summed E-state index contributed by atoms with van der Waals surface area (Å²) in [6, 6.07) is 0. The zero-order valence-electron chi connectivity index (χ0n) is 28.6. The van der Waals surface area contributed by atoms with Gasteiger partial charge < -0.3 is 48.8 Å². The Bertz CT molecular complexity index is 1220. The van der Waals surface area contributed by atoms with Gasteiger partial charge in [0.05, 0.1) is 41.7 Å². The van der Waals surface area contributed by atoms with Gasteiger partial charge in [0.15, 0.2) is 12.6 Å². The Morgan fingerprint density at radius 1 is 0.851 bits per heavy atom. The lowest BCUT2D eigenvalue weighted by molar-refractivity contribution is -0.323. The third-order valence-electron chi connectivity index (χ3n) is 14.3. The number of carbonyl (C=O) groups is 1. The van der Waals surface area contributed by atoms with Gasteiger partial charge in [0.2, 0.25) is 0 Å². The molecule has 0 amide bonds. The zero-order valence-corrected chi connectivity index (χ0v) is 28.6. The Kier molecular flexibility index (Phi) is 8.95. The molecule has 11 heteroatoms. The van der Waals surface area contributed by atoms with Crippen LogP contribution in [-0.2, 0) is 33.2 Å². The van der Waals surface area contributed by atoms with Crippen molar-refractivity contribution in [1.82, 2.24) is 0 Å². The van der Waals surface area contributed by atoms with E-state index in [0.29, 0.717) is 32.3 Å². The number of methoxy groups -OCH3 is 1. The molecule has 6 fully saturated rings. The maximum absolute atomic E-state index is 12.5. The Balaban J connectivity index is 0.978. The minimum absolute atomic E-state index is 0.0980. The summed E-state index contributed by atoms with van der Waals surface area (Å²) < 4.78 is 35.4.